The van der Waals surface area contributed by atoms with E-state index in [1.54, 1.807) is 0 Å². The van der Waals surface area contributed by atoms with Crippen molar-refractivity contribution < 1.29 is 0 Å². The summed E-state index contributed by atoms with van der Waals surface area (Å²) in [6.45, 7) is 13.6. The highest BCUT2D eigenvalue weighted by Crippen LogP contribution is 2.24. The fourth-order valence-corrected chi connectivity index (χ4v) is 1.79. The van der Waals surface area contributed by atoms with Crippen molar-refractivity contribution in [1.82, 2.24) is 0 Å². The molecule has 0 amide bonds. The Morgan fingerprint density at radius 2 is 1.39 bits per heavy atom. The molecule has 0 bridgehead atoms. The fraction of sp³-hybridized carbons (Fsp3) is 0.647. The van der Waals surface area contributed by atoms with Crippen LogP contribution in [0, 0.1) is 5.41 Å². The maximum atomic E-state index is 2.32. The molecule has 0 radical (unpaired) electrons. The van der Waals surface area contributed by atoms with Crippen molar-refractivity contribution in [3.63, 3.8) is 0 Å². The molecule has 0 atom stereocenters. The molecule has 0 saturated heterocycles. The first-order chi connectivity index (χ1) is 8.09. The Hall–Kier alpha value is -0.980. The van der Waals surface area contributed by atoms with E-state index in [0.29, 0.717) is 5.41 Å². The summed E-state index contributed by atoms with van der Waals surface area (Å²) in [5.74, 6) is 0. The molecule has 0 N–H and O–H groups in total. The minimum absolute atomic E-state index is 0.174. The van der Waals surface area contributed by atoms with E-state index in [-0.39, 0.29) is 5.54 Å². The van der Waals surface area contributed by atoms with Crippen molar-refractivity contribution in [1.29, 1.82) is 0 Å². The highest BCUT2D eigenvalue weighted by atomic mass is 15.2. The Balaban J connectivity index is 2.69. The second-order valence-corrected chi connectivity index (χ2v) is 7.46. The average Bonchev–Trinajstić information content (AvgIpc) is 2.24. The van der Waals surface area contributed by atoms with E-state index in [1.807, 2.05) is 0 Å². The quantitative estimate of drug-likeness (QED) is 0.734. The van der Waals surface area contributed by atoms with Crippen LogP contribution in [0.1, 0.15) is 53.5 Å². The topological polar surface area (TPSA) is 3.24 Å². The molecule has 1 aromatic carbocycles. The molecule has 1 rings (SSSR count). The first-order valence-corrected chi connectivity index (χ1v) is 6.92. The van der Waals surface area contributed by atoms with Crippen LogP contribution in [0.25, 0.3) is 0 Å². The third kappa shape index (κ3) is 4.72. The summed E-state index contributed by atoms with van der Waals surface area (Å²) in [5.41, 5.74) is 3.33. The van der Waals surface area contributed by atoms with Crippen molar-refractivity contribution in [3.8, 4) is 0 Å². The van der Waals surface area contributed by atoms with Crippen LogP contribution in [0.3, 0.4) is 0 Å². The van der Waals surface area contributed by atoms with E-state index in [2.05, 4.69) is 77.8 Å². The smallest absolute Gasteiger partial charge is 0.0368 e. The van der Waals surface area contributed by atoms with Gasteiger partial charge in [-0.15, -0.1) is 0 Å². The number of hydrogen-bond acceptors (Lipinski definition) is 1. The molecule has 102 valence electrons. The zero-order chi connectivity index (χ0) is 14.0. The lowest BCUT2D eigenvalue weighted by Gasteiger charge is -2.34. The highest BCUT2D eigenvalue weighted by Gasteiger charge is 2.17. The van der Waals surface area contributed by atoms with Crippen LogP contribution in [0.15, 0.2) is 24.3 Å². The van der Waals surface area contributed by atoms with Crippen molar-refractivity contribution in [2.24, 2.45) is 5.41 Å². The lowest BCUT2D eigenvalue weighted by Crippen LogP contribution is -2.37. The van der Waals surface area contributed by atoms with E-state index >= 15 is 0 Å². The number of nitrogens with zero attached hydrogens (tertiary/aromatic N) is 1. The average molecular weight is 247 g/mol. The molecule has 1 aromatic rings. The van der Waals surface area contributed by atoms with Gasteiger partial charge in [-0.2, -0.15) is 0 Å². The summed E-state index contributed by atoms with van der Waals surface area (Å²) >= 11 is 0. The van der Waals surface area contributed by atoms with Crippen LogP contribution >= 0.6 is 0 Å². The zero-order valence-corrected chi connectivity index (χ0v) is 13.2. The largest absolute Gasteiger partial charge is 0.370 e. The molecule has 1 heteroatoms. The van der Waals surface area contributed by atoms with Gasteiger partial charge in [-0.3, -0.25) is 0 Å². The summed E-state index contributed by atoms with van der Waals surface area (Å²) in [5, 5.41) is 0. The Bertz CT molecular complexity index is 362. The van der Waals surface area contributed by atoms with Crippen LogP contribution in [0.2, 0.25) is 0 Å². The number of hydrogen-bond donors (Lipinski definition) is 0. The van der Waals surface area contributed by atoms with Gasteiger partial charge in [0, 0.05) is 18.3 Å². The second-order valence-electron chi connectivity index (χ2n) is 7.46. The van der Waals surface area contributed by atoms with Crippen LogP contribution in [0.5, 0.6) is 0 Å². The molecule has 0 aliphatic rings. The monoisotopic (exact) mass is 247 g/mol. The van der Waals surface area contributed by atoms with Gasteiger partial charge >= 0.3 is 0 Å². The summed E-state index contributed by atoms with van der Waals surface area (Å²) in [4.78, 5) is 2.32. The van der Waals surface area contributed by atoms with E-state index in [9.17, 15) is 0 Å². The van der Waals surface area contributed by atoms with Crippen LogP contribution in [-0.2, 0) is 6.42 Å². The SMILES string of the molecule is CN(c1ccc(CCC(C)(C)C)cc1)C(C)(C)C. The summed E-state index contributed by atoms with van der Waals surface area (Å²) in [7, 11) is 2.16. The first kappa shape index (κ1) is 15.1. The fourth-order valence-electron chi connectivity index (χ4n) is 1.79. The molecule has 0 aliphatic carbocycles. The standard InChI is InChI=1S/C17H29N/c1-16(2,3)13-12-14-8-10-15(11-9-14)18(7)17(4,5)6/h8-11H,12-13H2,1-7H3. The number of anilines is 1. The van der Waals surface area contributed by atoms with Gasteiger partial charge in [0.15, 0.2) is 0 Å². The van der Waals surface area contributed by atoms with Crippen LogP contribution < -0.4 is 4.90 Å². The predicted octanol–water partition coefficient (Wildman–Crippen LogP) is 4.90. The van der Waals surface area contributed by atoms with Crippen molar-refractivity contribution in [3.05, 3.63) is 29.8 Å². The Kier molecular flexibility index (Phi) is 4.47. The molecule has 0 saturated carbocycles. The van der Waals surface area contributed by atoms with Gasteiger partial charge in [0.2, 0.25) is 0 Å². The van der Waals surface area contributed by atoms with Crippen molar-refractivity contribution >= 4 is 5.69 Å². The van der Waals surface area contributed by atoms with Gasteiger partial charge < -0.3 is 4.90 Å². The molecular formula is C17H29N. The van der Waals surface area contributed by atoms with Gasteiger partial charge in [-0.1, -0.05) is 32.9 Å². The number of benzene rings is 1. The lowest BCUT2D eigenvalue weighted by molar-refractivity contribution is 0.378. The Labute approximate surface area is 113 Å². The minimum Gasteiger partial charge on any atom is -0.370 e. The molecule has 18 heavy (non-hydrogen) atoms. The Morgan fingerprint density at radius 3 is 1.78 bits per heavy atom. The van der Waals surface area contributed by atoms with E-state index in [1.165, 1.54) is 24.1 Å². The molecule has 0 aromatic heterocycles. The Morgan fingerprint density at radius 1 is 0.889 bits per heavy atom. The summed E-state index contributed by atoms with van der Waals surface area (Å²) in [6.07, 6.45) is 2.41. The predicted molar refractivity (Wildman–Crippen MR) is 82.4 cm³/mol. The molecule has 0 fully saturated rings. The van der Waals surface area contributed by atoms with Gasteiger partial charge in [0.25, 0.3) is 0 Å². The first-order valence-electron chi connectivity index (χ1n) is 6.92. The number of rotatable bonds is 3. The second kappa shape index (κ2) is 5.34. The van der Waals surface area contributed by atoms with Crippen LogP contribution in [0.4, 0.5) is 5.69 Å². The van der Waals surface area contributed by atoms with Crippen LogP contribution in [-0.4, -0.2) is 12.6 Å². The van der Waals surface area contributed by atoms with Crippen molar-refractivity contribution in [2.75, 3.05) is 11.9 Å². The normalized spacial score (nSPS) is 12.6. The van der Waals surface area contributed by atoms with Gasteiger partial charge in [0.05, 0.1) is 0 Å². The third-order valence-electron chi connectivity index (χ3n) is 3.49. The molecule has 1 nitrogen and oxygen atoms in total. The van der Waals surface area contributed by atoms with E-state index in [4.69, 9.17) is 0 Å². The van der Waals surface area contributed by atoms with Gasteiger partial charge in [0.1, 0.15) is 0 Å². The van der Waals surface area contributed by atoms with Crippen molar-refractivity contribution in [2.45, 2.75) is 59.9 Å². The van der Waals surface area contributed by atoms with Gasteiger partial charge in [-0.05, 0) is 56.7 Å². The highest BCUT2D eigenvalue weighted by molar-refractivity contribution is 5.48. The van der Waals surface area contributed by atoms with Gasteiger partial charge in [-0.25, -0.2) is 0 Å². The molecular weight excluding hydrogens is 218 g/mol. The molecule has 0 unspecified atom stereocenters. The number of aryl methyl sites for hydroxylation is 1. The zero-order valence-electron chi connectivity index (χ0n) is 13.2. The molecule has 0 spiro atoms. The van der Waals surface area contributed by atoms with E-state index in [0.717, 1.165) is 0 Å². The summed E-state index contributed by atoms with van der Waals surface area (Å²) < 4.78 is 0. The maximum absolute atomic E-state index is 2.32. The minimum atomic E-state index is 0.174. The lowest BCUT2D eigenvalue weighted by atomic mass is 9.88. The molecule has 0 heterocycles. The van der Waals surface area contributed by atoms with E-state index < -0.39 is 0 Å². The molecule has 0 aliphatic heterocycles. The summed E-state index contributed by atoms with van der Waals surface area (Å²) in [6, 6.07) is 9.01. The third-order valence-corrected chi connectivity index (χ3v) is 3.49. The maximum Gasteiger partial charge on any atom is 0.0368 e.